The molecule has 0 radical (unpaired) electrons. The number of hydrogen-bond acceptors (Lipinski definition) is 9. The van der Waals surface area contributed by atoms with Gasteiger partial charge in [0.05, 0.1) is 23.3 Å². The second-order valence-corrected chi connectivity index (χ2v) is 7.87. The molecule has 3 rings (SSSR count). The molecule has 1 saturated carbocycles. The van der Waals surface area contributed by atoms with E-state index in [2.05, 4.69) is 20.3 Å². The third-order valence-electron chi connectivity index (χ3n) is 4.57. The second-order valence-electron chi connectivity index (χ2n) is 7.01. The Balaban J connectivity index is 1.89. The van der Waals surface area contributed by atoms with Crippen LogP contribution in [0.2, 0.25) is 0 Å². The van der Waals surface area contributed by atoms with Gasteiger partial charge >= 0.3 is 0 Å². The van der Waals surface area contributed by atoms with Crippen molar-refractivity contribution in [3.63, 3.8) is 0 Å². The van der Waals surface area contributed by atoms with E-state index in [1.54, 1.807) is 20.0 Å². The Morgan fingerprint density at radius 1 is 1.28 bits per heavy atom. The molecule has 0 aromatic carbocycles. The predicted octanol–water partition coefficient (Wildman–Crippen LogP) is 0.784. The van der Waals surface area contributed by atoms with Gasteiger partial charge in [-0.2, -0.15) is 4.98 Å². The first-order chi connectivity index (χ1) is 11.7. The van der Waals surface area contributed by atoms with Crippen LogP contribution in [0.25, 0.3) is 10.6 Å². The number of nitrogens with two attached hydrogens (primary N) is 1. The smallest absolute Gasteiger partial charge is 0.221 e. The average molecular weight is 365 g/mol. The molecule has 2 aromatic heterocycles. The van der Waals surface area contributed by atoms with E-state index in [9.17, 15) is 15.3 Å². The lowest BCUT2D eigenvalue weighted by molar-refractivity contribution is -0.0601. The monoisotopic (exact) mass is 365 g/mol. The van der Waals surface area contributed by atoms with Crippen LogP contribution in [0.1, 0.15) is 26.0 Å². The standard InChI is InChI=1S/C16H23N5O3S/c1-7-6-25-14(19-7)8-5-18-15(17)21-13(8)20-10-4-9(16(2,3)24)11(22)12(10)23/h5-6,9-12,22-24H,4H2,1-3H3,(H3,17,18,20,21)/t9?,10-,11-,12+/m1/s1. The molecule has 136 valence electrons. The van der Waals surface area contributed by atoms with Crippen molar-refractivity contribution in [3.05, 3.63) is 17.3 Å². The van der Waals surface area contributed by atoms with E-state index in [0.717, 1.165) is 10.7 Å². The summed E-state index contributed by atoms with van der Waals surface area (Å²) >= 11 is 1.46. The molecular weight excluding hydrogens is 342 g/mol. The van der Waals surface area contributed by atoms with Crippen molar-refractivity contribution in [2.24, 2.45) is 5.92 Å². The van der Waals surface area contributed by atoms with Crippen molar-refractivity contribution in [2.75, 3.05) is 11.1 Å². The van der Waals surface area contributed by atoms with Crippen molar-refractivity contribution < 1.29 is 15.3 Å². The van der Waals surface area contributed by atoms with E-state index in [1.807, 2.05) is 12.3 Å². The van der Waals surface area contributed by atoms with Gasteiger partial charge in [-0.1, -0.05) is 0 Å². The molecule has 0 spiro atoms. The van der Waals surface area contributed by atoms with Crippen LogP contribution in [0.3, 0.4) is 0 Å². The van der Waals surface area contributed by atoms with Gasteiger partial charge in [0.2, 0.25) is 5.95 Å². The van der Waals surface area contributed by atoms with Crippen LogP contribution >= 0.6 is 11.3 Å². The Morgan fingerprint density at radius 3 is 2.56 bits per heavy atom. The van der Waals surface area contributed by atoms with E-state index in [1.165, 1.54) is 11.3 Å². The summed E-state index contributed by atoms with van der Waals surface area (Å²) in [7, 11) is 0. The summed E-state index contributed by atoms with van der Waals surface area (Å²) in [4.78, 5) is 12.7. The number of aliphatic hydroxyl groups is 3. The van der Waals surface area contributed by atoms with E-state index in [0.29, 0.717) is 17.8 Å². The topological polar surface area (TPSA) is 137 Å². The maximum atomic E-state index is 10.4. The highest BCUT2D eigenvalue weighted by atomic mass is 32.1. The SMILES string of the molecule is Cc1csc(-c2cnc(N)nc2N[C@@H]2CC(C(C)(C)O)[C@@H](O)[C@H]2O)n1. The third-order valence-corrected chi connectivity index (χ3v) is 5.56. The number of nitrogen functional groups attached to an aromatic ring is 1. The molecule has 1 aliphatic carbocycles. The van der Waals surface area contributed by atoms with Crippen LogP contribution in [0.5, 0.6) is 0 Å². The maximum Gasteiger partial charge on any atom is 0.221 e. The van der Waals surface area contributed by atoms with E-state index < -0.39 is 29.8 Å². The maximum absolute atomic E-state index is 10.4. The van der Waals surface area contributed by atoms with Crippen molar-refractivity contribution in [1.29, 1.82) is 0 Å². The second kappa shape index (κ2) is 6.49. The zero-order valence-electron chi connectivity index (χ0n) is 14.3. The fraction of sp³-hybridized carbons (Fsp3) is 0.562. The number of aliphatic hydroxyl groups excluding tert-OH is 2. The highest BCUT2D eigenvalue weighted by Gasteiger charge is 2.47. The molecule has 2 heterocycles. The van der Waals surface area contributed by atoms with E-state index in [-0.39, 0.29) is 5.95 Å². The zero-order valence-corrected chi connectivity index (χ0v) is 15.2. The number of anilines is 2. The first-order valence-electron chi connectivity index (χ1n) is 8.07. The first kappa shape index (κ1) is 18.0. The summed E-state index contributed by atoms with van der Waals surface area (Å²) in [6, 6.07) is -0.472. The van der Waals surface area contributed by atoms with Gasteiger partial charge in [0.15, 0.2) is 0 Å². The molecule has 6 N–H and O–H groups in total. The molecule has 0 saturated heterocycles. The molecule has 4 atom stereocenters. The number of hydrogen-bond donors (Lipinski definition) is 5. The van der Waals surface area contributed by atoms with E-state index in [4.69, 9.17) is 5.73 Å². The van der Waals surface area contributed by atoms with Crippen LogP contribution in [0.4, 0.5) is 11.8 Å². The van der Waals surface area contributed by atoms with Crippen LogP contribution in [-0.4, -0.2) is 54.1 Å². The lowest BCUT2D eigenvalue weighted by Gasteiger charge is -2.28. The molecule has 25 heavy (non-hydrogen) atoms. The molecule has 8 nitrogen and oxygen atoms in total. The molecule has 1 fully saturated rings. The van der Waals surface area contributed by atoms with Crippen LogP contribution in [0.15, 0.2) is 11.6 Å². The molecule has 1 unspecified atom stereocenters. The summed E-state index contributed by atoms with van der Waals surface area (Å²) in [5.41, 5.74) is 6.18. The molecule has 0 aliphatic heterocycles. The van der Waals surface area contributed by atoms with E-state index >= 15 is 0 Å². The average Bonchev–Trinajstić information content (AvgIpc) is 3.06. The lowest BCUT2D eigenvalue weighted by Crippen LogP contribution is -2.40. The predicted molar refractivity (Wildman–Crippen MR) is 96.1 cm³/mol. The molecule has 0 amide bonds. The Bertz CT molecular complexity index is 760. The van der Waals surface area contributed by atoms with Gasteiger partial charge in [0, 0.05) is 23.2 Å². The van der Waals surface area contributed by atoms with Gasteiger partial charge < -0.3 is 26.4 Å². The van der Waals surface area contributed by atoms with Crippen LogP contribution < -0.4 is 11.1 Å². The summed E-state index contributed by atoms with van der Waals surface area (Å²) in [5.74, 6) is 0.103. The Hall–Kier alpha value is -1.81. The third kappa shape index (κ3) is 3.59. The number of thiazole rings is 1. The molecule has 9 heteroatoms. The van der Waals surface area contributed by atoms with Gasteiger partial charge in [0.1, 0.15) is 16.9 Å². The Morgan fingerprint density at radius 2 is 2.00 bits per heavy atom. The highest BCUT2D eigenvalue weighted by Crippen LogP contribution is 2.37. The first-order valence-corrected chi connectivity index (χ1v) is 8.95. The number of aryl methyl sites for hydroxylation is 1. The lowest BCUT2D eigenvalue weighted by atomic mass is 9.88. The zero-order chi connectivity index (χ0) is 18.4. The van der Waals surface area contributed by atoms with Gasteiger partial charge in [-0.3, -0.25) is 0 Å². The Labute approximate surface area is 149 Å². The molecular formula is C16H23N5O3S. The van der Waals surface area contributed by atoms with Crippen LogP contribution in [-0.2, 0) is 0 Å². The summed E-state index contributed by atoms with van der Waals surface area (Å²) in [5, 5.41) is 36.7. The minimum Gasteiger partial charge on any atom is -0.390 e. The van der Waals surface area contributed by atoms with Gasteiger partial charge in [-0.05, 0) is 27.2 Å². The summed E-state index contributed by atoms with van der Waals surface area (Å²) in [6.07, 6.45) is -0.0685. The van der Waals surface area contributed by atoms with Crippen molar-refractivity contribution in [3.8, 4) is 10.6 Å². The quantitative estimate of drug-likeness (QED) is 0.536. The largest absolute Gasteiger partial charge is 0.390 e. The molecule has 1 aliphatic rings. The fourth-order valence-corrected chi connectivity index (χ4v) is 4.00. The highest BCUT2D eigenvalue weighted by molar-refractivity contribution is 7.13. The number of rotatable bonds is 4. The van der Waals surface area contributed by atoms with Crippen molar-refractivity contribution >= 4 is 23.1 Å². The number of nitrogens with zero attached hydrogens (tertiary/aromatic N) is 3. The normalized spacial score (nSPS) is 26.8. The van der Waals surface area contributed by atoms with Gasteiger partial charge in [-0.15, -0.1) is 11.3 Å². The van der Waals surface area contributed by atoms with Gasteiger partial charge in [0.25, 0.3) is 0 Å². The van der Waals surface area contributed by atoms with Gasteiger partial charge in [-0.25, -0.2) is 9.97 Å². The Kier molecular flexibility index (Phi) is 4.67. The summed E-state index contributed by atoms with van der Waals surface area (Å²) < 4.78 is 0. The minimum atomic E-state index is -1.10. The fourth-order valence-electron chi connectivity index (χ4n) is 3.19. The van der Waals surface area contributed by atoms with Crippen molar-refractivity contribution in [2.45, 2.75) is 51.0 Å². The van der Waals surface area contributed by atoms with Crippen molar-refractivity contribution in [1.82, 2.24) is 15.0 Å². The van der Waals surface area contributed by atoms with Crippen LogP contribution in [0, 0.1) is 12.8 Å². The molecule has 2 aromatic rings. The number of nitrogens with one attached hydrogen (secondary N) is 1. The summed E-state index contributed by atoms with van der Waals surface area (Å²) in [6.45, 7) is 5.15. The molecule has 0 bridgehead atoms. The minimum absolute atomic E-state index is 0.103. The number of aromatic nitrogens is 3.